The van der Waals surface area contributed by atoms with E-state index in [-0.39, 0.29) is 21.5 Å². The highest BCUT2D eigenvalue weighted by atomic mass is 32.2. The molecule has 0 bridgehead atoms. The van der Waals surface area contributed by atoms with Crippen LogP contribution in [0.4, 0.5) is 0 Å². The van der Waals surface area contributed by atoms with Crippen LogP contribution in [0.2, 0.25) is 0 Å². The number of hydrogen-bond donors (Lipinski definition) is 2. The van der Waals surface area contributed by atoms with E-state index in [4.69, 9.17) is 9.11 Å². The van der Waals surface area contributed by atoms with Crippen molar-refractivity contribution in [1.82, 2.24) is 0 Å². The van der Waals surface area contributed by atoms with Gasteiger partial charge in [-0.1, -0.05) is 23.6 Å². The maximum absolute atomic E-state index is 12.5. The van der Waals surface area contributed by atoms with Crippen LogP contribution in [0.5, 0.6) is 11.5 Å². The predicted octanol–water partition coefficient (Wildman–Crippen LogP) is 0.634. The van der Waals surface area contributed by atoms with Crippen LogP contribution in [0.25, 0.3) is 21.5 Å². The second kappa shape index (κ2) is 5.05. The molecule has 0 radical (unpaired) electrons. The van der Waals surface area contributed by atoms with Gasteiger partial charge in [0.2, 0.25) is 0 Å². The Balaban J connectivity index is 2.48. The van der Waals surface area contributed by atoms with Crippen LogP contribution in [-0.4, -0.2) is 25.9 Å². The molecule has 0 unspecified atom stereocenters. The van der Waals surface area contributed by atoms with Crippen LogP contribution < -0.4 is 10.2 Å². The third-order valence-corrected chi connectivity index (χ3v) is 5.26. The first-order valence-electron chi connectivity index (χ1n) is 6.32. The highest BCUT2D eigenvalue weighted by molar-refractivity contribution is 7.86. The monoisotopic (exact) mass is 368 g/mol. The normalized spacial score (nSPS) is 12.8. The first-order valence-corrected chi connectivity index (χ1v) is 9.20. The second-order valence-electron chi connectivity index (χ2n) is 5.02. The zero-order chi connectivity index (χ0) is 17.9. The molecule has 3 aromatic carbocycles. The highest BCUT2D eigenvalue weighted by Gasteiger charge is 2.14. The average molecular weight is 368 g/mol. The van der Waals surface area contributed by atoms with Crippen LogP contribution in [0, 0.1) is 0 Å². The molecular weight excluding hydrogens is 360 g/mol. The van der Waals surface area contributed by atoms with E-state index >= 15 is 0 Å². The minimum absolute atomic E-state index is 0.132. The first-order chi connectivity index (χ1) is 11.0. The molecule has 0 saturated carbocycles. The van der Waals surface area contributed by atoms with Crippen LogP contribution in [0.1, 0.15) is 0 Å². The number of benzene rings is 3. The first kappa shape index (κ1) is 16.5. The van der Waals surface area contributed by atoms with E-state index in [9.17, 15) is 27.0 Å². The van der Waals surface area contributed by atoms with Crippen molar-refractivity contribution in [3.05, 3.63) is 36.4 Å². The van der Waals surface area contributed by atoms with E-state index in [1.807, 2.05) is 0 Å². The van der Waals surface area contributed by atoms with Gasteiger partial charge in [-0.25, -0.2) is 0 Å². The van der Waals surface area contributed by atoms with Crippen molar-refractivity contribution in [2.45, 2.75) is 9.79 Å². The summed E-state index contributed by atoms with van der Waals surface area (Å²) >= 11 is 0. The highest BCUT2D eigenvalue weighted by Crippen LogP contribution is 2.40. The van der Waals surface area contributed by atoms with Gasteiger partial charge in [0, 0.05) is 0 Å². The van der Waals surface area contributed by atoms with Gasteiger partial charge in [-0.15, -0.1) is 0 Å². The Morgan fingerprint density at radius 1 is 0.625 bits per heavy atom. The Kier molecular flexibility index (Phi) is 3.46. The fourth-order valence-corrected chi connectivity index (χ4v) is 3.44. The van der Waals surface area contributed by atoms with Crippen molar-refractivity contribution in [2.75, 3.05) is 0 Å². The van der Waals surface area contributed by atoms with Gasteiger partial charge in [0.05, 0.1) is 9.79 Å². The standard InChI is InChI=1S/C14H10O8S2/c15-13-9-3-1-7(23(17,18)19)5-11(9)14(16)10-4-2-8(6-12(10)13)24(20,21)22/h1-6,15-16H,(H,17,18,19)(H,20,21,22)/p-2. The molecule has 0 fully saturated rings. The molecule has 10 heteroatoms. The van der Waals surface area contributed by atoms with E-state index in [1.165, 1.54) is 0 Å². The van der Waals surface area contributed by atoms with Crippen LogP contribution >= 0.6 is 0 Å². The Bertz CT molecular complexity index is 1110. The second-order valence-corrected chi connectivity index (χ2v) is 7.87. The van der Waals surface area contributed by atoms with Crippen molar-refractivity contribution < 1.29 is 36.2 Å². The molecule has 0 atom stereocenters. The van der Waals surface area contributed by atoms with E-state index in [0.717, 1.165) is 36.4 Å². The summed E-state index contributed by atoms with van der Waals surface area (Å²) in [6, 6.07) is 5.78. The summed E-state index contributed by atoms with van der Waals surface area (Å²) in [6.07, 6.45) is 0. The fraction of sp³-hybridized carbons (Fsp3) is 0. The zero-order valence-electron chi connectivity index (χ0n) is 11.6. The molecule has 8 nitrogen and oxygen atoms in total. The Hall–Kier alpha value is -2.40. The lowest BCUT2D eigenvalue weighted by molar-refractivity contribution is -0.267. The molecule has 0 saturated heterocycles. The molecule has 0 heterocycles. The summed E-state index contributed by atoms with van der Waals surface area (Å²) < 4.78 is 62.8. The molecule has 3 aromatic rings. The van der Waals surface area contributed by atoms with E-state index in [1.54, 1.807) is 0 Å². The number of rotatable bonds is 2. The summed E-state index contributed by atoms with van der Waals surface area (Å²) in [4.78, 5) is -1.08. The van der Waals surface area contributed by atoms with Gasteiger partial charge in [-0.05, 0) is 45.8 Å². The van der Waals surface area contributed by atoms with Gasteiger partial charge in [-0.3, -0.25) is 9.11 Å². The quantitative estimate of drug-likeness (QED) is 0.493. The third kappa shape index (κ3) is 2.55. The lowest BCUT2D eigenvalue weighted by Gasteiger charge is -2.22. The lowest BCUT2D eigenvalue weighted by atomic mass is 10.0. The minimum Gasteiger partial charge on any atom is -0.872 e. The average Bonchev–Trinajstić information content (AvgIpc) is 2.49. The lowest BCUT2D eigenvalue weighted by Crippen LogP contribution is -2.03. The topological polar surface area (TPSA) is 155 Å². The molecule has 3 rings (SSSR count). The Labute approximate surface area is 136 Å². The van der Waals surface area contributed by atoms with Gasteiger partial charge in [0.1, 0.15) is 0 Å². The molecule has 0 amide bonds. The summed E-state index contributed by atoms with van der Waals surface area (Å²) in [6.45, 7) is 0. The molecule has 0 aliphatic rings. The molecule has 24 heavy (non-hydrogen) atoms. The zero-order valence-corrected chi connectivity index (χ0v) is 13.3. The smallest absolute Gasteiger partial charge is 0.294 e. The van der Waals surface area contributed by atoms with Gasteiger partial charge >= 0.3 is 0 Å². The Morgan fingerprint density at radius 2 is 0.958 bits per heavy atom. The van der Waals surface area contributed by atoms with E-state index in [0.29, 0.717) is 0 Å². The van der Waals surface area contributed by atoms with Crippen LogP contribution in [0.15, 0.2) is 46.2 Å². The summed E-state index contributed by atoms with van der Waals surface area (Å²) in [7, 11) is -9.11. The van der Waals surface area contributed by atoms with Gasteiger partial charge < -0.3 is 10.2 Å². The van der Waals surface area contributed by atoms with Gasteiger partial charge in [0.15, 0.2) is 0 Å². The molecule has 0 aliphatic carbocycles. The van der Waals surface area contributed by atoms with Crippen molar-refractivity contribution in [1.29, 1.82) is 0 Å². The molecule has 2 N–H and O–H groups in total. The predicted molar refractivity (Wildman–Crippen MR) is 80.0 cm³/mol. The maximum Gasteiger partial charge on any atom is 0.294 e. The maximum atomic E-state index is 12.5. The van der Waals surface area contributed by atoms with E-state index < -0.39 is 41.5 Å². The molecular formula is C14H8O8S2-2. The van der Waals surface area contributed by atoms with Crippen molar-refractivity contribution in [3.8, 4) is 11.5 Å². The van der Waals surface area contributed by atoms with Gasteiger partial charge in [0.25, 0.3) is 20.2 Å². The minimum atomic E-state index is -4.56. The van der Waals surface area contributed by atoms with Crippen LogP contribution in [-0.2, 0) is 20.2 Å². The summed E-state index contributed by atoms with van der Waals surface area (Å²) in [5.41, 5.74) is 0. The van der Waals surface area contributed by atoms with E-state index in [2.05, 4.69) is 0 Å². The SMILES string of the molecule is O=S(=O)(O)c1ccc2c([O-])c3cc(S(=O)(=O)O)ccc3c([O-])c2c1. The molecule has 0 aromatic heterocycles. The third-order valence-electron chi connectivity index (χ3n) is 3.56. The van der Waals surface area contributed by atoms with Crippen molar-refractivity contribution in [3.63, 3.8) is 0 Å². The number of hydrogen-bond acceptors (Lipinski definition) is 6. The summed E-state index contributed by atoms with van der Waals surface area (Å²) in [5, 5.41) is 24.2. The van der Waals surface area contributed by atoms with Crippen molar-refractivity contribution in [2.24, 2.45) is 0 Å². The largest absolute Gasteiger partial charge is 0.872 e. The molecule has 0 spiro atoms. The molecule has 126 valence electrons. The fourth-order valence-electron chi connectivity index (χ4n) is 2.43. The molecule has 0 aliphatic heterocycles. The summed E-state index contributed by atoms with van der Waals surface area (Å²) in [5.74, 6) is -1.40. The number of fused-ring (bicyclic) bond motifs is 2. The Morgan fingerprint density at radius 3 is 1.25 bits per heavy atom. The van der Waals surface area contributed by atoms with Crippen LogP contribution in [0.3, 0.4) is 0 Å². The van der Waals surface area contributed by atoms with Gasteiger partial charge in [-0.2, -0.15) is 16.8 Å². The van der Waals surface area contributed by atoms with Crippen molar-refractivity contribution >= 4 is 41.8 Å².